The molecule has 0 radical (unpaired) electrons. The van der Waals surface area contributed by atoms with Crippen LogP contribution in [0, 0.1) is 0 Å². The maximum Gasteiger partial charge on any atom is 0.236 e. The number of benzene rings is 1. The molecule has 1 rings (SSSR count). The lowest BCUT2D eigenvalue weighted by atomic mass is 10.2. The van der Waals surface area contributed by atoms with Gasteiger partial charge in [0.05, 0.1) is 6.54 Å². The molecule has 0 N–H and O–H groups in total. The maximum atomic E-state index is 12.4. The van der Waals surface area contributed by atoms with Crippen LogP contribution in [-0.4, -0.2) is 41.9 Å². The molecular weight excluding hydrogens is 248 g/mol. The van der Waals surface area contributed by atoms with E-state index < -0.39 is 0 Å². The van der Waals surface area contributed by atoms with Gasteiger partial charge in [0, 0.05) is 19.6 Å². The lowest BCUT2D eigenvalue weighted by Gasteiger charge is -2.26. The normalized spacial score (nSPS) is 10.8. The van der Waals surface area contributed by atoms with Crippen molar-refractivity contribution in [1.29, 1.82) is 0 Å². The Morgan fingerprint density at radius 1 is 1.00 bits per heavy atom. The zero-order valence-corrected chi connectivity index (χ0v) is 13.1. The number of rotatable bonds is 9. The van der Waals surface area contributed by atoms with Crippen molar-refractivity contribution in [2.75, 3.05) is 26.2 Å². The van der Waals surface area contributed by atoms with Crippen molar-refractivity contribution in [2.45, 2.75) is 40.2 Å². The first kappa shape index (κ1) is 16.7. The average molecular weight is 276 g/mol. The van der Waals surface area contributed by atoms with E-state index in [9.17, 15) is 4.79 Å². The Morgan fingerprint density at radius 3 is 2.10 bits per heavy atom. The minimum Gasteiger partial charge on any atom is -0.342 e. The molecule has 1 amide bonds. The summed E-state index contributed by atoms with van der Waals surface area (Å²) < 4.78 is 0. The van der Waals surface area contributed by atoms with Crippen molar-refractivity contribution >= 4 is 5.91 Å². The molecule has 0 bridgehead atoms. The van der Waals surface area contributed by atoms with Crippen LogP contribution in [0.2, 0.25) is 0 Å². The van der Waals surface area contributed by atoms with Crippen LogP contribution in [0.25, 0.3) is 0 Å². The van der Waals surface area contributed by atoms with E-state index in [-0.39, 0.29) is 5.91 Å². The Hall–Kier alpha value is -1.35. The fraction of sp³-hybridized carbons (Fsp3) is 0.588. The van der Waals surface area contributed by atoms with Gasteiger partial charge in [0.1, 0.15) is 0 Å². The first-order valence-corrected chi connectivity index (χ1v) is 7.75. The van der Waals surface area contributed by atoms with Gasteiger partial charge in [-0.15, -0.1) is 0 Å². The van der Waals surface area contributed by atoms with Crippen molar-refractivity contribution in [3.63, 3.8) is 0 Å². The van der Waals surface area contributed by atoms with Crippen molar-refractivity contribution in [1.82, 2.24) is 9.80 Å². The minimum absolute atomic E-state index is 0.256. The third-order valence-electron chi connectivity index (χ3n) is 3.39. The molecule has 0 unspecified atom stereocenters. The number of hydrogen-bond acceptors (Lipinski definition) is 2. The van der Waals surface area contributed by atoms with Gasteiger partial charge in [-0.1, -0.05) is 51.1 Å². The predicted molar refractivity (Wildman–Crippen MR) is 84.6 cm³/mol. The monoisotopic (exact) mass is 276 g/mol. The molecule has 0 aliphatic heterocycles. The Balaban J connectivity index is 2.55. The molecule has 0 heterocycles. The summed E-state index contributed by atoms with van der Waals surface area (Å²) in [4.78, 5) is 16.6. The van der Waals surface area contributed by atoms with Gasteiger partial charge in [-0.25, -0.2) is 0 Å². The second kappa shape index (κ2) is 9.54. The Bertz CT molecular complexity index is 372. The Labute approximate surface area is 123 Å². The molecule has 20 heavy (non-hydrogen) atoms. The van der Waals surface area contributed by atoms with Gasteiger partial charge in [-0.2, -0.15) is 0 Å². The second-order valence-electron chi connectivity index (χ2n) is 5.17. The molecule has 0 fully saturated rings. The standard InChI is InChI=1S/C17H28N2O/c1-4-12-19(13-5-2)17(20)15-18(6-3)14-16-10-8-7-9-11-16/h7-11H,4-6,12-15H2,1-3H3. The molecule has 1 aromatic carbocycles. The minimum atomic E-state index is 0.256. The summed E-state index contributed by atoms with van der Waals surface area (Å²) in [5.74, 6) is 0.256. The average Bonchev–Trinajstić information content (AvgIpc) is 2.47. The lowest BCUT2D eigenvalue weighted by molar-refractivity contribution is -0.132. The number of carbonyl (C=O) groups is 1. The zero-order valence-electron chi connectivity index (χ0n) is 13.1. The Kier molecular flexibility index (Phi) is 7.97. The molecule has 0 saturated carbocycles. The number of nitrogens with zero attached hydrogens (tertiary/aromatic N) is 2. The summed E-state index contributed by atoms with van der Waals surface area (Å²) >= 11 is 0. The molecule has 0 aromatic heterocycles. The maximum absolute atomic E-state index is 12.4. The van der Waals surface area contributed by atoms with Gasteiger partial charge in [0.15, 0.2) is 0 Å². The molecule has 3 nitrogen and oxygen atoms in total. The van der Waals surface area contributed by atoms with Crippen LogP contribution in [0.4, 0.5) is 0 Å². The van der Waals surface area contributed by atoms with Crippen LogP contribution in [0.15, 0.2) is 30.3 Å². The van der Waals surface area contributed by atoms with Crippen LogP contribution in [-0.2, 0) is 11.3 Å². The van der Waals surface area contributed by atoms with Crippen molar-refractivity contribution < 1.29 is 4.79 Å². The van der Waals surface area contributed by atoms with E-state index in [0.717, 1.165) is 39.0 Å². The molecule has 1 aromatic rings. The van der Waals surface area contributed by atoms with E-state index >= 15 is 0 Å². The third kappa shape index (κ3) is 5.74. The van der Waals surface area contributed by atoms with Gasteiger partial charge >= 0.3 is 0 Å². The van der Waals surface area contributed by atoms with E-state index in [4.69, 9.17) is 0 Å². The second-order valence-corrected chi connectivity index (χ2v) is 5.17. The summed E-state index contributed by atoms with van der Waals surface area (Å²) in [6, 6.07) is 10.3. The van der Waals surface area contributed by atoms with Crippen LogP contribution in [0.1, 0.15) is 39.2 Å². The van der Waals surface area contributed by atoms with Gasteiger partial charge in [-0.3, -0.25) is 9.69 Å². The SMILES string of the molecule is CCCN(CCC)C(=O)CN(CC)Cc1ccccc1. The molecule has 0 saturated heterocycles. The highest BCUT2D eigenvalue weighted by molar-refractivity contribution is 5.78. The summed E-state index contributed by atoms with van der Waals surface area (Å²) in [5.41, 5.74) is 1.26. The highest BCUT2D eigenvalue weighted by Gasteiger charge is 2.15. The third-order valence-corrected chi connectivity index (χ3v) is 3.39. The van der Waals surface area contributed by atoms with Crippen LogP contribution in [0.3, 0.4) is 0 Å². The van der Waals surface area contributed by atoms with Gasteiger partial charge in [0.25, 0.3) is 0 Å². The Morgan fingerprint density at radius 2 is 1.60 bits per heavy atom. The van der Waals surface area contributed by atoms with Crippen molar-refractivity contribution in [3.8, 4) is 0 Å². The largest absolute Gasteiger partial charge is 0.342 e. The molecule has 0 spiro atoms. The first-order chi connectivity index (χ1) is 9.71. The summed E-state index contributed by atoms with van der Waals surface area (Å²) in [6.45, 7) is 10.4. The van der Waals surface area contributed by atoms with Crippen LogP contribution < -0.4 is 0 Å². The molecule has 0 atom stereocenters. The fourth-order valence-electron chi connectivity index (χ4n) is 2.31. The highest BCUT2D eigenvalue weighted by atomic mass is 16.2. The number of likely N-dealkylation sites (N-methyl/N-ethyl adjacent to an activating group) is 1. The summed E-state index contributed by atoms with van der Waals surface area (Å²) in [5, 5.41) is 0. The number of carbonyl (C=O) groups excluding carboxylic acids is 1. The van der Waals surface area contributed by atoms with Gasteiger partial charge in [-0.05, 0) is 24.9 Å². The topological polar surface area (TPSA) is 23.6 Å². The number of hydrogen-bond donors (Lipinski definition) is 0. The van der Waals surface area contributed by atoms with Crippen molar-refractivity contribution in [2.24, 2.45) is 0 Å². The molecule has 3 heteroatoms. The quantitative estimate of drug-likeness (QED) is 0.691. The van der Waals surface area contributed by atoms with Crippen molar-refractivity contribution in [3.05, 3.63) is 35.9 Å². The van der Waals surface area contributed by atoms with E-state index in [2.05, 4.69) is 37.8 Å². The van der Waals surface area contributed by atoms with Crippen LogP contribution in [0.5, 0.6) is 0 Å². The summed E-state index contributed by atoms with van der Waals surface area (Å²) in [6.07, 6.45) is 2.05. The summed E-state index contributed by atoms with van der Waals surface area (Å²) in [7, 11) is 0. The predicted octanol–water partition coefficient (Wildman–Crippen LogP) is 3.16. The van der Waals surface area contributed by atoms with Crippen LogP contribution >= 0.6 is 0 Å². The van der Waals surface area contributed by atoms with E-state index in [1.54, 1.807) is 0 Å². The fourth-order valence-corrected chi connectivity index (χ4v) is 2.31. The van der Waals surface area contributed by atoms with E-state index in [0.29, 0.717) is 6.54 Å². The molecule has 0 aliphatic carbocycles. The van der Waals surface area contributed by atoms with E-state index in [1.807, 2.05) is 23.1 Å². The molecule has 0 aliphatic rings. The van der Waals surface area contributed by atoms with E-state index in [1.165, 1.54) is 5.56 Å². The smallest absolute Gasteiger partial charge is 0.236 e. The molecule has 112 valence electrons. The van der Waals surface area contributed by atoms with Gasteiger partial charge < -0.3 is 4.90 Å². The first-order valence-electron chi connectivity index (χ1n) is 7.75. The number of amides is 1. The highest BCUT2D eigenvalue weighted by Crippen LogP contribution is 2.05. The molecular formula is C17H28N2O. The zero-order chi connectivity index (χ0) is 14.8. The van der Waals surface area contributed by atoms with Gasteiger partial charge in [0.2, 0.25) is 5.91 Å². The lowest BCUT2D eigenvalue weighted by Crippen LogP contribution is -2.40.